The fourth-order valence-electron chi connectivity index (χ4n) is 2.30. The summed E-state index contributed by atoms with van der Waals surface area (Å²) >= 11 is 0. The van der Waals surface area contributed by atoms with Gasteiger partial charge in [0.25, 0.3) is 5.79 Å². The van der Waals surface area contributed by atoms with Crippen LogP contribution in [0.15, 0.2) is 24.3 Å². The average Bonchev–Trinajstić information content (AvgIpc) is 2.36. The monoisotopic (exact) mass is 298 g/mol. The zero-order valence-electron chi connectivity index (χ0n) is 11.1. The molecule has 0 spiro atoms. The molecule has 0 fully saturated rings. The standard InChI is InChI=1S/C14H15FO6/c1-2-7-5-9(16)6-8-3-4-10(15)12(11(7)8)13(17,18)14(19,20)21/h3-6,16-21H,2H2,1H3. The minimum Gasteiger partial charge on any atom is -0.508 e. The first-order chi connectivity index (χ1) is 9.59. The molecule has 114 valence electrons. The number of phenolic OH excluding ortho intramolecular Hbond substituents is 1. The van der Waals surface area contributed by atoms with Gasteiger partial charge in [0.05, 0.1) is 5.56 Å². The number of phenols is 1. The van der Waals surface area contributed by atoms with Gasteiger partial charge in [0, 0.05) is 0 Å². The van der Waals surface area contributed by atoms with Gasteiger partial charge in [0.1, 0.15) is 11.6 Å². The van der Waals surface area contributed by atoms with Gasteiger partial charge >= 0.3 is 5.97 Å². The Labute approximate surface area is 119 Å². The molecule has 0 heterocycles. The van der Waals surface area contributed by atoms with Gasteiger partial charge in [-0.25, -0.2) is 4.39 Å². The lowest BCUT2D eigenvalue weighted by atomic mass is 9.91. The molecule has 0 atom stereocenters. The Hall–Kier alpha value is -1.77. The van der Waals surface area contributed by atoms with Crippen LogP contribution >= 0.6 is 0 Å². The van der Waals surface area contributed by atoms with Crippen molar-refractivity contribution in [3.63, 3.8) is 0 Å². The van der Waals surface area contributed by atoms with Crippen LogP contribution in [0.2, 0.25) is 0 Å². The van der Waals surface area contributed by atoms with Crippen LogP contribution in [0.1, 0.15) is 18.1 Å². The van der Waals surface area contributed by atoms with E-state index in [4.69, 9.17) is 15.3 Å². The van der Waals surface area contributed by atoms with Crippen molar-refractivity contribution in [1.29, 1.82) is 0 Å². The Balaban J connectivity index is 2.95. The van der Waals surface area contributed by atoms with Gasteiger partial charge in [-0.2, -0.15) is 0 Å². The molecule has 6 N–H and O–H groups in total. The summed E-state index contributed by atoms with van der Waals surface area (Å²) in [6, 6.07) is 4.69. The maximum atomic E-state index is 14.0. The third-order valence-electron chi connectivity index (χ3n) is 3.33. The molecule has 2 aromatic rings. The van der Waals surface area contributed by atoms with E-state index in [0.717, 1.165) is 6.07 Å². The lowest BCUT2D eigenvalue weighted by molar-refractivity contribution is -0.454. The van der Waals surface area contributed by atoms with Crippen molar-refractivity contribution in [3.8, 4) is 5.75 Å². The van der Waals surface area contributed by atoms with Crippen molar-refractivity contribution >= 4 is 10.8 Å². The van der Waals surface area contributed by atoms with Crippen LogP contribution in [-0.4, -0.2) is 36.6 Å². The van der Waals surface area contributed by atoms with Crippen molar-refractivity contribution in [2.75, 3.05) is 0 Å². The number of hydrogen-bond donors (Lipinski definition) is 6. The maximum Gasteiger partial charge on any atom is 0.337 e. The van der Waals surface area contributed by atoms with Crippen LogP contribution in [0, 0.1) is 5.82 Å². The van der Waals surface area contributed by atoms with Crippen molar-refractivity contribution in [3.05, 3.63) is 41.2 Å². The Kier molecular flexibility index (Phi) is 3.64. The molecule has 0 unspecified atom stereocenters. The van der Waals surface area contributed by atoms with E-state index in [9.17, 15) is 19.7 Å². The van der Waals surface area contributed by atoms with Crippen molar-refractivity contribution in [1.82, 2.24) is 0 Å². The van der Waals surface area contributed by atoms with Gasteiger partial charge in [0.15, 0.2) is 0 Å². The number of hydrogen-bond acceptors (Lipinski definition) is 6. The Morgan fingerprint density at radius 3 is 2.19 bits per heavy atom. The first-order valence-electron chi connectivity index (χ1n) is 6.16. The zero-order valence-corrected chi connectivity index (χ0v) is 11.1. The molecular formula is C14H15FO6. The number of benzene rings is 2. The molecule has 0 aromatic heterocycles. The average molecular weight is 298 g/mol. The van der Waals surface area contributed by atoms with Crippen molar-refractivity contribution < 1.29 is 35.0 Å². The summed E-state index contributed by atoms with van der Waals surface area (Å²) in [6.07, 6.45) is 0.298. The fraction of sp³-hybridized carbons (Fsp3) is 0.286. The summed E-state index contributed by atoms with van der Waals surface area (Å²) in [4.78, 5) is 0. The van der Waals surface area contributed by atoms with Crippen LogP contribution in [0.3, 0.4) is 0 Å². The second kappa shape index (κ2) is 4.90. The van der Waals surface area contributed by atoms with E-state index in [0.29, 0.717) is 12.0 Å². The lowest BCUT2D eigenvalue weighted by Gasteiger charge is -2.31. The smallest absolute Gasteiger partial charge is 0.337 e. The molecule has 0 bridgehead atoms. The highest BCUT2D eigenvalue weighted by atomic mass is 19.1. The second-order valence-electron chi connectivity index (χ2n) is 4.79. The fourth-order valence-corrected chi connectivity index (χ4v) is 2.30. The zero-order chi connectivity index (χ0) is 16.0. The normalized spacial score (nSPS) is 12.9. The third kappa shape index (κ3) is 2.45. The second-order valence-corrected chi connectivity index (χ2v) is 4.79. The SMILES string of the molecule is CCc1cc(O)cc2ccc(F)c(C(O)(O)C(O)(O)O)c12. The third-order valence-corrected chi connectivity index (χ3v) is 3.33. The van der Waals surface area contributed by atoms with Crippen LogP contribution in [0.5, 0.6) is 5.75 Å². The number of aromatic hydroxyl groups is 1. The minimum atomic E-state index is -3.97. The molecule has 2 rings (SSSR count). The van der Waals surface area contributed by atoms with Crippen LogP contribution in [-0.2, 0) is 12.2 Å². The first kappa shape index (κ1) is 15.6. The highest BCUT2D eigenvalue weighted by molar-refractivity contribution is 5.91. The van der Waals surface area contributed by atoms with Crippen molar-refractivity contribution in [2.45, 2.75) is 25.1 Å². The van der Waals surface area contributed by atoms with Gasteiger partial charge in [0.2, 0.25) is 0 Å². The first-order valence-corrected chi connectivity index (χ1v) is 6.16. The molecule has 6 nitrogen and oxygen atoms in total. The Morgan fingerprint density at radius 2 is 1.67 bits per heavy atom. The summed E-state index contributed by atoms with van der Waals surface area (Å²) < 4.78 is 14.0. The Morgan fingerprint density at radius 1 is 1.05 bits per heavy atom. The largest absolute Gasteiger partial charge is 0.508 e. The summed E-state index contributed by atoms with van der Waals surface area (Å²) in [7, 11) is 0. The van der Waals surface area contributed by atoms with Gasteiger partial charge < -0.3 is 30.6 Å². The van der Waals surface area contributed by atoms with Crippen LogP contribution < -0.4 is 0 Å². The number of aryl methyl sites for hydroxylation is 1. The van der Waals surface area contributed by atoms with E-state index in [1.165, 1.54) is 18.2 Å². The lowest BCUT2D eigenvalue weighted by Crippen LogP contribution is -2.52. The van der Waals surface area contributed by atoms with Crippen LogP contribution in [0.4, 0.5) is 4.39 Å². The van der Waals surface area contributed by atoms with Crippen molar-refractivity contribution in [2.24, 2.45) is 0 Å². The number of rotatable bonds is 3. The topological polar surface area (TPSA) is 121 Å². The molecule has 0 radical (unpaired) electrons. The predicted octanol–water partition coefficient (Wildman–Crippen LogP) is 0.0150. The summed E-state index contributed by atoms with van der Waals surface area (Å²) in [6.45, 7) is 1.68. The van der Waals surface area contributed by atoms with E-state index >= 15 is 0 Å². The molecule has 0 aliphatic carbocycles. The molecule has 0 saturated carbocycles. The van der Waals surface area contributed by atoms with E-state index in [1.54, 1.807) is 6.92 Å². The minimum absolute atomic E-state index is 0.0261. The molecule has 0 aliphatic heterocycles. The molecule has 2 aromatic carbocycles. The summed E-state index contributed by atoms with van der Waals surface area (Å²) in [5, 5.41) is 56.7. The predicted molar refractivity (Wildman–Crippen MR) is 70.5 cm³/mol. The molecule has 0 saturated heterocycles. The summed E-state index contributed by atoms with van der Waals surface area (Å²) in [5.41, 5.74) is -0.541. The highest BCUT2D eigenvalue weighted by Gasteiger charge is 2.50. The molecule has 0 aliphatic rings. The molecule has 21 heavy (non-hydrogen) atoms. The quantitative estimate of drug-likeness (QED) is 0.444. The highest BCUT2D eigenvalue weighted by Crippen LogP contribution is 2.38. The van der Waals surface area contributed by atoms with E-state index in [2.05, 4.69) is 0 Å². The van der Waals surface area contributed by atoms with E-state index < -0.39 is 23.1 Å². The number of fused-ring (bicyclic) bond motifs is 1. The summed E-state index contributed by atoms with van der Waals surface area (Å²) in [5.74, 6) is -8.88. The van der Waals surface area contributed by atoms with E-state index in [1.807, 2.05) is 0 Å². The van der Waals surface area contributed by atoms with Gasteiger partial charge in [-0.1, -0.05) is 13.0 Å². The maximum absolute atomic E-state index is 14.0. The van der Waals surface area contributed by atoms with Gasteiger partial charge in [-0.3, -0.25) is 0 Å². The molecule has 0 amide bonds. The van der Waals surface area contributed by atoms with Crippen LogP contribution in [0.25, 0.3) is 10.8 Å². The Bertz CT molecular complexity index is 690. The van der Waals surface area contributed by atoms with Gasteiger partial charge in [-0.15, -0.1) is 0 Å². The van der Waals surface area contributed by atoms with Gasteiger partial charge in [-0.05, 0) is 41.0 Å². The number of halogens is 1. The molecule has 7 heteroatoms. The van der Waals surface area contributed by atoms with E-state index in [-0.39, 0.29) is 16.5 Å². The molecular weight excluding hydrogens is 283 g/mol. The number of aliphatic hydroxyl groups is 5.